The van der Waals surface area contributed by atoms with Crippen molar-refractivity contribution in [3.8, 4) is 0 Å². The van der Waals surface area contributed by atoms with Gasteiger partial charge in [-0.05, 0) is 23.9 Å². The molecule has 2 heterocycles. The quantitative estimate of drug-likeness (QED) is 0.0258. The zero-order chi connectivity index (χ0) is 84.5. The van der Waals surface area contributed by atoms with Crippen LogP contribution in [0.15, 0.2) is 10.2 Å². The Bertz CT molecular complexity index is 2120. The number of urea groups is 1. The maximum atomic E-state index is 12.2. The smallest absolute Gasteiger partial charge is 0.315 e. The SMILES string of the molecule is [N-]=[N+]=NCCOCCOCCOCCOCCOCCOCCOCCOCCOCCOCCN(CCOCCOCCOCCOCCOCCOCCOCCOCCOCCOCCN=[N+]=[N-])CCOCCOCCOCCOCCOCCOCCOCCOCCOCCOCCNC(=O)CCCC[C@@H]1SC[C@@H]2NC(=O)N[C@@H]21. The van der Waals surface area contributed by atoms with Crippen LogP contribution in [0.25, 0.3) is 20.9 Å². The number of amides is 3. The summed E-state index contributed by atoms with van der Waals surface area (Å²) in [4.78, 5) is 31.3. The Kier molecular flexibility index (Phi) is 90.6. The van der Waals surface area contributed by atoms with E-state index in [1.165, 1.54) is 0 Å². The number of nitrogens with one attached hydrogen (secondary N) is 3. The second kappa shape index (κ2) is 96.7. The molecule has 0 aromatic carbocycles. The van der Waals surface area contributed by atoms with Crippen molar-refractivity contribution in [3.63, 3.8) is 0 Å². The van der Waals surface area contributed by atoms with E-state index in [1.54, 1.807) is 0 Å². The van der Waals surface area contributed by atoms with Gasteiger partial charge in [0.2, 0.25) is 5.91 Å². The summed E-state index contributed by atoms with van der Waals surface area (Å²) in [6.45, 7) is 30.5. The summed E-state index contributed by atoms with van der Waals surface area (Å²) in [5.41, 5.74) is 16.4. The molecular weight excluding hydrogens is 1600 g/mol. The van der Waals surface area contributed by atoms with Crippen LogP contribution in [0.3, 0.4) is 0 Å². The number of carbonyl (C=O) groups is 2. The van der Waals surface area contributed by atoms with Gasteiger partial charge in [-0.25, -0.2) is 4.79 Å². The molecule has 0 radical (unpaired) electrons. The second-order valence-corrected chi connectivity index (χ2v) is 26.6. The Morgan fingerprint density at radius 2 is 0.521 bits per heavy atom. The van der Waals surface area contributed by atoms with Crippen molar-refractivity contribution in [2.24, 2.45) is 10.2 Å². The van der Waals surface area contributed by atoms with E-state index in [4.69, 9.17) is 153 Å². The molecule has 0 aliphatic carbocycles. The van der Waals surface area contributed by atoms with Crippen molar-refractivity contribution in [1.29, 1.82) is 0 Å². The van der Waals surface area contributed by atoms with Crippen molar-refractivity contribution in [1.82, 2.24) is 20.9 Å². The molecule has 3 atom stereocenters. The Labute approximate surface area is 709 Å². The van der Waals surface area contributed by atoms with Crippen LogP contribution in [0.2, 0.25) is 0 Å². The number of ether oxygens (including phenoxy) is 30. The highest BCUT2D eigenvalue weighted by Gasteiger charge is 2.42. The molecule has 2 aliphatic rings. The molecule has 3 amide bonds. The third-order valence-electron chi connectivity index (χ3n) is 16.1. The van der Waals surface area contributed by atoms with Gasteiger partial charge >= 0.3 is 6.03 Å². The number of azide groups is 2. The van der Waals surface area contributed by atoms with Crippen molar-refractivity contribution >= 4 is 23.7 Å². The molecule has 0 saturated carbocycles. The molecule has 43 heteroatoms. The van der Waals surface area contributed by atoms with Gasteiger partial charge in [-0.2, -0.15) is 11.8 Å². The zero-order valence-electron chi connectivity index (χ0n) is 71.0. The number of nitrogens with zero attached hydrogens (tertiary/aromatic N) is 7. The molecule has 700 valence electrons. The molecule has 2 fully saturated rings. The van der Waals surface area contributed by atoms with E-state index < -0.39 is 0 Å². The second-order valence-electron chi connectivity index (χ2n) is 25.3. The van der Waals surface area contributed by atoms with Crippen molar-refractivity contribution in [2.45, 2.75) is 43.0 Å². The zero-order valence-corrected chi connectivity index (χ0v) is 71.9. The molecule has 0 unspecified atom stereocenters. The number of fused-ring (bicyclic) bond motifs is 1. The number of thioether (sulfide) groups is 1. The van der Waals surface area contributed by atoms with Gasteiger partial charge in [0.1, 0.15) is 0 Å². The molecule has 119 heavy (non-hydrogen) atoms. The molecule has 0 aromatic heterocycles. The molecule has 2 rings (SSSR count). The van der Waals surface area contributed by atoms with Gasteiger partial charge in [-0.15, -0.1) is 0 Å². The summed E-state index contributed by atoms with van der Waals surface area (Å²) >= 11 is 1.90. The highest BCUT2D eigenvalue weighted by molar-refractivity contribution is 8.00. The summed E-state index contributed by atoms with van der Waals surface area (Å²) in [5, 5.41) is 16.1. The van der Waals surface area contributed by atoms with Gasteiger partial charge in [0.25, 0.3) is 0 Å². The van der Waals surface area contributed by atoms with Crippen molar-refractivity contribution < 1.29 is 152 Å². The predicted molar refractivity (Wildman–Crippen MR) is 436 cm³/mol. The minimum absolute atomic E-state index is 0.0309. The number of carbonyl (C=O) groups excluding carboxylic acids is 2. The predicted octanol–water partition coefficient (Wildman–Crippen LogP) is 2.25. The highest BCUT2D eigenvalue weighted by atomic mass is 32.2. The Balaban J connectivity index is 1.39. The molecule has 0 spiro atoms. The van der Waals surface area contributed by atoms with Crippen LogP contribution in [-0.2, 0) is 147 Å². The largest absolute Gasteiger partial charge is 0.379 e. The lowest BCUT2D eigenvalue weighted by Crippen LogP contribution is -2.36. The molecular formula is C76H148N10O32S. The first kappa shape index (κ1) is 112. The molecule has 2 aliphatic heterocycles. The number of rotatable bonds is 104. The van der Waals surface area contributed by atoms with Crippen LogP contribution in [0.1, 0.15) is 25.7 Å². The topological polar surface area (TPSA) is 448 Å². The first-order valence-electron chi connectivity index (χ1n) is 42.2. The molecule has 0 aromatic rings. The fourth-order valence-electron chi connectivity index (χ4n) is 10.1. The van der Waals surface area contributed by atoms with Gasteiger partial charge in [0.05, 0.1) is 408 Å². The van der Waals surface area contributed by atoms with Crippen LogP contribution in [0.4, 0.5) is 4.79 Å². The van der Waals surface area contributed by atoms with E-state index in [0.29, 0.717) is 447 Å². The third-order valence-corrected chi connectivity index (χ3v) is 17.7. The van der Waals surface area contributed by atoms with Crippen LogP contribution in [0.5, 0.6) is 0 Å². The monoisotopic (exact) mass is 1740 g/mol. The maximum absolute atomic E-state index is 12.2. The summed E-state index contributed by atoms with van der Waals surface area (Å²) < 4.78 is 167. The average molecular weight is 1750 g/mol. The lowest BCUT2D eigenvalue weighted by atomic mass is 10.0. The van der Waals surface area contributed by atoms with E-state index >= 15 is 0 Å². The minimum atomic E-state index is -0.0700. The lowest BCUT2D eigenvalue weighted by Gasteiger charge is -2.22. The number of hydrogen-bond donors (Lipinski definition) is 3. The van der Waals surface area contributed by atoms with Gasteiger partial charge in [-0.3, -0.25) is 9.69 Å². The van der Waals surface area contributed by atoms with Crippen LogP contribution in [0, 0.1) is 0 Å². The molecule has 0 bridgehead atoms. The molecule has 42 nitrogen and oxygen atoms in total. The first-order chi connectivity index (χ1) is 59.1. The summed E-state index contributed by atoms with van der Waals surface area (Å²) in [7, 11) is 0. The van der Waals surface area contributed by atoms with Gasteiger partial charge in [0, 0.05) is 66.5 Å². The lowest BCUT2D eigenvalue weighted by molar-refractivity contribution is -0.121. The summed E-state index contributed by atoms with van der Waals surface area (Å²) in [5.74, 6) is 0.977. The third kappa shape index (κ3) is 85.1. The Hall–Kier alpha value is -3.53. The summed E-state index contributed by atoms with van der Waals surface area (Å²) in [6.07, 6.45) is 3.28. The van der Waals surface area contributed by atoms with Crippen LogP contribution >= 0.6 is 11.8 Å². The fourth-order valence-corrected chi connectivity index (χ4v) is 11.6. The number of hydrogen-bond acceptors (Lipinski definition) is 36. The van der Waals surface area contributed by atoms with E-state index in [2.05, 4.69) is 40.9 Å². The van der Waals surface area contributed by atoms with Gasteiger partial charge in [-0.1, -0.05) is 16.6 Å². The van der Waals surface area contributed by atoms with Gasteiger partial charge < -0.3 is 158 Å². The molecule has 3 N–H and O–H groups in total. The van der Waals surface area contributed by atoms with E-state index in [1.807, 2.05) is 11.8 Å². The first-order valence-corrected chi connectivity index (χ1v) is 43.2. The maximum Gasteiger partial charge on any atom is 0.315 e. The minimum Gasteiger partial charge on any atom is -0.379 e. The standard InChI is InChI=1S/C76H148N10O32S/c77-84-80-6-12-90-18-24-96-30-36-102-42-48-108-54-60-114-66-69-117-63-57-111-51-45-105-39-33-99-27-21-93-15-9-86(10-16-94-22-28-100-34-40-106-46-52-112-58-64-118-70-67-115-61-55-109-49-43-103-37-31-97-25-19-91-13-7-81-85-78)8-14-92-20-26-98-32-38-104-44-50-110-56-62-116-68-65-113-59-53-107-47-41-101-35-29-95-23-17-89-11-5-79-74(87)4-2-1-3-73-75-72(71-119-73)82-76(88)83-75/h72-73,75H,1-71H2,(H,79,87)(H2,82,83,88)/t72-,73-,75-/m0/s1. The average Bonchev–Trinajstić information content (AvgIpc) is 1.67. The van der Waals surface area contributed by atoms with Crippen molar-refractivity contribution in [2.75, 3.05) is 441 Å². The fraction of sp³-hybridized carbons (Fsp3) is 0.974. The van der Waals surface area contributed by atoms with E-state index in [-0.39, 0.29) is 24.0 Å². The molecule has 2 saturated heterocycles. The highest BCUT2D eigenvalue weighted by Crippen LogP contribution is 2.33. The Morgan fingerprint density at radius 1 is 0.311 bits per heavy atom. The normalized spacial score (nSPS) is 14.5. The number of unbranched alkanes of at least 4 members (excludes halogenated alkanes) is 1. The Morgan fingerprint density at radius 3 is 0.748 bits per heavy atom. The van der Waals surface area contributed by atoms with E-state index in [9.17, 15) is 9.59 Å². The van der Waals surface area contributed by atoms with Gasteiger partial charge in [0.15, 0.2) is 0 Å². The van der Waals surface area contributed by atoms with E-state index in [0.717, 1.165) is 25.0 Å². The van der Waals surface area contributed by atoms with Crippen LogP contribution in [-0.4, -0.2) is 476 Å². The van der Waals surface area contributed by atoms with Crippen molar-refractivity contribution in [3.05, 3.63) is 20.9 Å². The van der Waals surface area contributed by atoms with Crippen LogP contribution < -0.4 is 16.0 Å². The summed E-state index contributed by atoms with van der Waals surface area (Å²) in [6, 6.07) is 0.365.